The van der Waals surface area contributed by atoms with Crippen LogP contribution < -0.4 is 10.6 Å². The van der Waals surface area contributed by atoms with Crippen molar-refractivity contribution >= 4 is 51.9 Å². The van der Waals surface area contributed by atoms with Crippen molar-refractivity contribution in [1.29, 1.82) is 0 Å². The summed E-state index contributed by atoms with van der Waals surface area (Å²) < 4.78 is 13.2. The fraction of sp³-hybridized carbons (Fsp3) is 0.0294. The minimum absolute atomic E-state index is 0.0831. The molecule has 0 unspecified atom stereocenters. The van der Waals surface area contributed by atoms with Gasteiger partial charge >= 0.3 is 0 Å². The monoisotopic (exact) mass is 560 g/mol. The van der Waals surface area contributed by atoms with E-state index >= 15 is 0 Å². The fourth-order valence-corrected chi connectivity index (χ4v) is 5.05. The van der Waals surface area contributed by atoms with Crippen LogP contribution in [0.3, 0.4) is 0 Å². The zero-order valence-electron chi connectivity index (χ0n) is 21.8. The predicted molar refractivity (Wildman–Crippen MR) is 162 cm³/mol. The van der Waals surface area contributed by atoms with Gasteiger partial charge in [-0.3, -0.25) is 14.4 Å². The Hall–Kier alpha value is -5.01. The molecule has 0 saturated heterocycles. The van der Waals surface area contributed by atoms with Gasteiger partial charge in [-0.15, -0.1) is 11.8 Å². The highest BCUT2D eigenvalue weighted by molar-refractivity contribution is 8.00. The number of halogens is 1. The summed E-state index contributed by atoms with van der Waals surface area (Å²) in [7, 11) is 0. The number of carbonyl (C=O) groups excluding carboxylic acids is 3. The number of rotatable bonds is 9. The lowest BCUT2D eigenvalue weighted by Gasteiger charge is -2.13. The molecule has 0 saturated carbocycles. The Kier molecular flexibility index (Phi) is 8.67. The number of ketones is 1. The zero-order valence-corrected chi connectivity index (χ0v) is 22.7. The van der Waals surface area contributed by atoms with Crippen molar-refractivity contribution in [3.05, 3.63) is 150 Å². The Morgan fingerprint density at radius 3 is 2.24 bits per heavy atom. The number of hydrogen-bond acceptors (Lipinski definition) is 4. The summed E-state index contributed by atoms with van der Waals surface area (Å²) in [6.07, 6.45) is 1.67. The van der Waals surface area contributed by atoms with Gasteiger partial charge in [0.15, 0.2) is 5.78 Å². The molecule has 0 aliphatic rings. The van der Waals surface area contributed by atoms with E-state index in [-0.39, 0.29) is 17.2 Å². The maximum Gasteiger partial charge on any atom is 0.272 e. The van der Waals surface area contributed by atoms with E-state index in [0.29, 0.717) is 16.8 Å². The number of carbonyl (C=O) groups is 3. The van der Waals surface area contributed by atoms with Crippen molar-refractivity contribution in [2.24, 2.45) is 0 Å². The molecule has 202 valence electrons. The van der Waals surface area contributed by atoms with E-state index in [1.54, 1.807) is 48.5 Å². The molecule has 0 radical (unpaired) electrons. The highest BCUT2D eigenvalue weighted by Gasteiger charge is 2.16. The summed E-state index contributed by atoms with van der Waals surface area (Å²) in [5.41, 5.74) is 2.23. The molecular formula is C34H25FN2O3S. The quantitative estimate of drug-likeness (QED) is 0.112. The number of thioether (sulfide) groups is 1. The fourth-order valence-electron chi connectivity index (χ4n) is 4.20. The molecule has 5 aromatic carbocycles. The van der Waals surface area contributed by atoms with Gasteiger partial charge in [0, 0.05) is 21.7 Å². The second-order valence-electron chi connectivity index (χ2n) is 9.15. The van der Waals surface area contributed by atoms with Crippen LogP contribution in [0.5, 0.6) is 0 Å². The third kappa shape index (κ3) is 7.15. The third-order valence-corrected chi connectivity index (χ3v) is 7.27. The molecule has 5 rings (SSSR count). The maximum absolute atomic E-state index is 13.5. The van der Waals surface area contributed by atoms with Crippen LogP contribution in [0.15, 0.2) is 132 Å². The molecule has 0 aromatic heterocycles. The highest BCUT2D eigenvalue weighted by atomic mass is 32.2. The van der Waals surface area contributed by atoms with Crippen molar-refractivity contribution in [2.45, 2.75) is 4.90 Å². The average Bonchev–Trinajstić information content (AvgIpc) is 3.00. The van der Waals surface area contributed by atoms with Crippen molar-refractivity contribution in [1.82, 2.24) is 5.32 Å². The van der Waals surface area contributed by atoms with Gasteiger partial charge in [0.25, 0.3) is 11.8 Å². The first-order valence-corrected chi connectivity index (χ1v) is 13.8. The number of hydrogen-bond donors (Lipinski definition) is 2. The van der Waals surface area contributed by atoms with Gasteiger partial charge in [0.05, 0.1) is 5.75 Å². The van der Waals surface area contributed by atoms with E-state index in [9.17, 15) is 18.8 Å². The van der Waals surface area contributed by atoms with Gasteiger partial charge in [-0.1, -0.05) is 66.7 Å². The average molecular weight is 561 g/mol. The minimum atomic E-state index is -0.494. The number of nitrogens with one attached hydrogen (secondary N) is 2. The Balaban J connectivity index is 1.36. The highest BCUT2D eigenvalue weighted by Crippen LogP contribution is 2.24. The molecule has 2 amide bonds. The molecule has 2 N–H and O–H groups in total. The molecule has 7 heteroatoms. The van der Waals surface area contributed by atoms with E-state index < -0.39 is 17.6 Å². The van der Waals surface area contributed by atoms with Gasteiger partial charge in [0.1, 0.15) is 11.5 Å². The van der Waals surface area contributed by atoms with E-state index in [1.165, 1.54) is 36.0 Å². The minimum Gasteiger partial charge on any atom is -0.321 e. The molecule has 0 aliphatic heterocycles. The Bertz CT molecular complexity index is 1750. The molecular weight excluding hydrogens is 535 g/mol. The van der Waals surface area contributed by atoms with Crippen LogP contribution in [-0.4, -0.2) is 23.4 Å². The second kappa shape index (κ2) is 12.9. The van der Waals surface area contributed by atoms with Crippen LogP contribution >= 0.6 is 11.8 Å². The predicted octanol–water partition coefficient (Wildman–Crippen LogP) is 7.36. The molecule has 5 nitrogen and oxygen atoms in total. The molecule has 0 spiro atoms. The number of anilines is 1. The van der Waals surface area contributed by atoms with Crippen molar-refractivity contribution in [3.8, 4) is 0 Å². The van der Waals surface area contributed by atoms with Crippen molar-refractivity contribution in [3.63, 3.8) is 0 Å². The normalized spacial score (nSPS) is 11.2. The smallest absolute Gasteiger partial charge is 0.272 e. The summed E-state index contributed by atoms with van der Waals surface area (Å²) in [5, 5.41) is 7.60. The first-order chi connectivity index (χ1) is 20.0. The SMILES string of the molecule is O=C(Nc1cccc(SCC(=O)c2ccc(F)cc2)c1)/C(=C/c1cccc2ccccc12)NC(=O)c1ccccc1. The lowest BCUT2D eigenvalue weighted by molar-refractivity contribution is -0.113. The summed E-state index contributed by atoms with van der Waals surface area (Å²) in [6, 6.07) is 34.8. The molecule has 0 fully saturated rings. The summed E-state index contributed by atoms with van der Waals surface area (Å²) in [4.78, 5) is 39.8. The van der Waals surface area contributed by atoms with E-state index in [2.05, 4.69) is 10.6 Å². The summed E-state index contributed by atoms with van der Waals surface area (Å²) in [6.45, 7) is 0. The standard InChI is InChI=1S/C34H25FN2O3S/c35-27-18-16-24(17-19-27)32(38)22-41-29-14-7-13-28(21-29)36-34(40)31(37-33(39)25-9-2-1-3-10-25)20-26-12-6-11-23-8-4-5-15-30(23)26/h1-21H,22H2,(H,36,40)(H,37,39)/b31-20-. The van der Waals surface area contributed by atoms with Crippen LogP contribution in [0.1, 0.15) is 26.3 Å². The van der Waals surface area contributed by atoms with Gasteiger partial charge in [0.2, 0.25) is 0 Å². The van der Waals surface area contributed by atoms with Gasteiger partial charge in [-0.25, -0.2) is 4.39 Å². The van der Waals surface area contributed by atoms with Gasteiger partial charge in [-0.2, -0.15) is 0 Å². The van der Waals surface area contributed by atoms with Gasteiger partial charge < -0.3 is 10.6 Å². The number of amides is 2. The molecule has 5 aromatic rings. The van der Waals surface area contributed by atoms with E-state index in [4.69, 9.17) is 0 Å². The van der Waals surface area contributed by atoms with Crippen LogP contribution in [0.4, 0.5) is 10.1 Å². The molecule has 41 heavy (non-hydrogen) atoms. The molecule has 0 bridgehead atoms. The maximum atomic E-state index is 13.5. The molecule has 0 aliphatic carbocycles. The first kappa shape index (κ1) is 27.6. The third-order valence-electron chi connectivity index (χ3n) is 6.28. The Morgan fingerprint density at radius 1 is 0.732 bits per heavy atom. The van der Waals surface area contributed by atoms with Crippen LogP contribution in [-0.2, 0) is 4.79 Å². The zero-order chi connectivity index (χ0) is 28.6. The second-order valence-corrected chi connectivity index (χ2v) is 10.2. The molecule has 0 heterocycles. The largest absolute Gasteiger partial charge is 0.321 e. The molecule has 0 atom stereocenters. The first-order valence-electron chi connectivity index (χ1n) is 12.8. The Morgan fingerprint density at radius 2 is 1.44 bits per heavy atom. The van der Waals surface area contributed by atoms with Crippen LogP contribution in [0.25, 0.3) is 16.8 Å². The van der Waals surface area contributed by atoms with E-state index in [1.807, 2.05) is 54.6 Å². The topological polar surface area (TPSA) is 75.3 Å². The lowest BCUT2D eigenvalue weighted by atomic mass is 10.0. The number of Topliss-reactive ketones (excluding diaryl/α,β-unsaturated/α-hetero) is 1. The summed E-state index contributed by atoms with van der Waals surface area (Å²) >= 11 is 1.31. The van der Waals surface area contributed by atoms with E-state index in [0.717, 1.165) is 21.2 Å². The van der Waals surface area contributed by atoms with Crippen molar-refractivity contribution < 1.29 is 18.8 Å². The van der Waals surface area contributed by atoms with Crippen LogP contribution in [0, 0.1) is 5.82 Å². The van der Waals surface area contributed by atoms with Gasteiger partial charge in [-0.05, 0) is 77.0 Å². The lowest BCUT2D eigenvalue weighted by Crippen LogP contribution is -2.30. The number of benzene rings is 5. The number of fused-ring (bicyclic) bond motifs is 1. The Labute approximate surface area is 241 Å². The van der Waals surface area contributed by atoms with Crippen LogP contribution in [0.2, 0.25) is 0 Å². The van der Waals surface area contributed by atoms with Crippen molar-refractivity contribution in [2.75, 3.05) is 11.1 Å². The summed E-state index contributed by atoms with van der Waals surface area (Å²) in [5.74, 6) is -1.27.